The van der Waals surface area contributed by atoms with E-state index in [9.17, 15) is 14.0 Å². The summed E-state index contributed by atoms with van der Waals surface area (Å²) in [6.07, 6.45) is 4.04. The van der Waals surface area contributed by atoms with Crippen LogP contribution in [0.15, 0.2) is 72.0 Å². The number of ether oxygens (including phenoxy) is 2. The fraction of sp³-hybridized carbons (Fsp3) is 0.222. The highest BCUT2D eigenvalue weighted by Crippen LogP contribution is 2.30. The fourth-order valence-corrected chi connectivity index (χ4v) is 4.05. The maximum absolute atomic E-state index is 13.7. The van der Waals surface area contributed by atoms with Crippen molar-refractivity contribution in [2.24, 2.45) is 10.9 Å². The van der Waals surface area contributed by atoms with Gasteiger partial charge < -0.3 is 14.8 Å². The number of amides is 2. The molecule has 0 fully saturated rings. The molecule has 2 unspecified atom stereocenters. The van der Waals surface area contributed by atoms with Gasteiger partial charge in [-0.05, 0) is 59.9 Å². The zero-order chi connectivity index (χ0) is 25.5. The second-order valence-corrected chi connectivity index (χ2v) is 8.18. The molecule has 4 rings (SSSR count). The first-order valence-corrected chi connectivity index (χ1v) is 11.2. The van der Waals surface area contributed by atoms with Crippen molar-refractivity contribution < 1.29 is 23.5 Å². The standard InChI is InChI=1S/C27H23FN4O4/c1-35-21-6-2-4-17(13-21)8-10-23-24(25(32-27(34)31-23)19-5-3-11-30-15-19)26(33)36-16-18-7-9-22(28)20(12-18)14-29/h2-7,9,11-13,15,24-25H,8,10,16H2,1H3,(H,32,34). The maximum Gasteiger partial charge on any atom is 0.341 e. The first kappa shape index (κ1) is 24.5. The van der Waals surface area contributed by atoms with E-state index >= 15 is 0 Å². The lowest BCUT2D eigenvalue weighted by Gasteiger charge is -2.31. The molecule has 36 heavy (non-hydrogen) atoms. The summed E-state index contributed by atoms with van der Waals surface area (Å²) in [7, 11) is 1.58. The van der Waals surface area contributed by atoms with Crippen LogP contribution in [0.2, 0.25) is 0 Å². The lowest BCUT2D eigenvalue weighted by molar-refractivity contribution is -0.148. The molecule has 0 aliphatic carbocycles. The van der Waals surface area contributed by atoms with Crippen LogP contribution in [0.1, 0.15) is 34.7 Å². The maximum atomic E-state index is 13.7. The van der Waals surface area contributed by atoms with E-state index in [1.165, 1.54) is 12.1 Å². The number of halogens is 1. The normalized spacial score (nSPS) is 16.9. The number of hydrogen-bond acceptors (Lipinski definition) is 6. The molecule has 9 heteroatoms. The van der Waals surface area contributed by atoms with E-state index < -0.39 is 29.8 Å². The van der Waals surface area contributed by atoms with Crippen LogP contribution in [-0.2, 0) is 22.6 Å². The molecule has 1 aliphatic rings. The van der Waals surface area contributed by atoms with Gasteiger partial charge in [0.15, 0.2) is 0 Å². The monoisotopic (exact) mass is 486 g/mol. The number of esters is 1. The van der Waals surface area contributed by atoms with Crippen LogP contribution in [0.4, 0.5) is 9.18 Å². The molecule has 1 aromatic heterocycles. The van der Waals surface area contributed by atoms with Crippen LogP contribution in [0.25, 0.3) is 0 Å². The first-order valence-electron chi connectivity index (χ1n) is 11.2. The van der Waals surface area contributed by atoms with Gasteiger partial charge in [0.05, 0.1) is 18.7 Å². The van der Waals surface area contributed by atoms with E-state index in [-0.39, 0.29) is 12.2 Å². The van der Waals surface area contributed by atoms with Crippen LogP contribution >= 0.6 is 0 Å². The van der Waals surface area contributed by atoms with Crippen molar-refractivity contribution in [2.75, 3.05) is 7.11 Å². The molecule has 0 saturated heterocycles. The van der Waals surface area contributed by atoms with Crippen molar-refractivity contribution in [3.8, 4) is 11.8 Å². The minimum atomic E-state index is -0.895. The summed E-state index contributed by atoms with van der Waals surface area (Å²) in [4.78, 5) is 34.1. The predicted octanol–water partition coefficient (Wildman–Crippen LogP) is 4.30. The third-order valence-corrected chi connectivity index (χ3v) is 5.85. The summed E-state index contributed by atoms with van der Waals surface area (Å²) in [5.41, 5.74) is 2.31. The molecule has 2 heterocycles. The molecule has 2 aromatic carbocycles. The number of aryl methyl sites for hydroxylation is 1. The average Bonchev–Trinajstić information content (AvgIpc) is 2.91. The Labute approximate surface area is 207 Å². The van der Waals surface area contributed by atoms with Crippen molar-refractivity contribution in [3.63, 3.8) is 0 Å². The van der Waals surface area contributed by atoms with Crippen LogP contribution in [0.3, 0.4) is 0 Å². The minimum absolute atomic E-state index is 0.137. The highest BCUT2D eigenvalue weighted by molar-refractivity contribution is 6.09. The summed E-state index contributed by atoms with van der Waals surface area (Å²) < 4.78 is 24.5. The molecular weight excluding hydrogens is 463 g/mol. The second kappa shape index (κ2) is 11.2. The summed E-state index contributed by atoms with van der Waals surface area (Å²) in [6.45, 7) is -0.166. The number of nitrogens with zero attached hydrogens (tertiary/aromatic N) is 3. The molecule has 1 aliphatic heterocycles. The molecule has 2 amide bonds. The Morgan fingerprint density at radius 1 is 1.14 bits per heavy atom. The van der Waals surface area contributed by atoms with Crippen molar-refractivity contribution in [3.05, 3.63) is 95.1 Å². The average molecular weight is 487 g/mol. The van der Waals surface area contributed by atoms with E-state index in [0.29, 0.717) is 35.4 Å². The second-order valence-electron chi connectivity index (χ2n) is 8.18. The lowest BCUT2D eigenvalue weighted by atomic mass is 9.86. The molecular formula is C27H23FN4O4. The zero-order valence-corrected chi connectivity index (χ0v) is 19.5. The number of rotatable bonds is 8. The SMILES string of the molecule is COc1cccc(CCC2=NC(=O)NC(c3cccnc3)C2C(=O)OCc2ccc(F)c(C#N)c2)c1. The van der Waals surface area contributed by atoms with Crippen LogP contribution in [0.5, 0.6) is 5.75 Å². The van der Waals surface area contributed by atoms with E-state index in [2.05, 4.69) is 15.3 Å². The number of pyridine rings is 1. The van der Waals surface area contributed by atoms with Crippen molar-refractivity contribution in [1.82, 2.24) is 10.3 Å². The number of urea groups is 1. The molecule has 0 radical (unpaired) electrons. The van der Waals surface area contributed by atoms with Crippen molar-refractivity contribution in [1.29, 1.82) is 5.26 Å². The van der Waals surface area contributed by atoms with Gasteiger partial charge >= 0.3 is 12.0 Å². The third-order valence-electron chi connectivity index (χ3n) is 5.85. The quantitative estimate of drug-likeness (QED) is 0.475. The highest BCUT2D eigenvalue weighted by atomic mass is 19.1. The molecule has 0 bridgehead atoms. The number of aliphatic imine (C=N–C) groups is 1. The number of benzene rings is 2. The van der Waals surface area contributed by atoms with Gasteiger partial charge in [-0.1, -0.05) is 24.3 Å². The topological polar surface area (TPSA) is 114 Å². The Kier molecular flexibility index (Phi) is 7.66. The third kappa shape index (κ3) is 5.73. The molecule has 2 atom stereocenters. The fourth-order valence-electron chi connectivity index (χ4n) is 4.05. The smallest absolute Gasteiger partial charge is 0.341 e. The summed E-state index contributed by atoms with van der Waals surface area (Å²) >= 11 is 0. The Morgan fingerprint density at radius 3 is 2.75 bits per heavy atom. The number of nitrogens with one attached hydrogen (secondary N) is 1. The van der Waals surface area contributed by atoms with Gasteiger partial charge in [-0.25, -0.2) is 14.2 Å². The Hall–Kier alpha value is -4.58. The lowest BCUT2D eigenvalue weighted by Crippen LogP contribution is -2.45. The van der Waals surface area contributed by atoms with E-state index in [1.807, 2.05) is 24.3 Å². The summed E-state index contributed by atoms with van der Waals surface area (Å²) in [5, 5.41) is 11.8. The van der Waals surface area contributed by atoms with Crippen molar-refractivity contribution >= 4 is 17.7 Å². The molecule has 182 valence electrons. The van der Waals surface area contributed by atoms with Crippen molar-refractivity contribution in [2.45, 2.75) is 25.5 Å². The molecule has 0 spiro atoms. The molecule has 0 saturated carbocycles. The number of carbonyl (C=O) groups is 2. The molecule has 3 aromatic rings. The summed E-state index contributed by atoms with van der Waals surface area (Å²) in [6, 6.07) is 15.4. The summed E-state index contributed by atoms with van der Waals surface area (Å²) in [5.74, 6) is -1.44. The van der Waals surface area contributed by atoms with Gasteiger partial charge in [0, 0.05) is 18.1 Å². The van der Waals surface area contributed by atoms with E-state index in [4.69, 9.17) is 14.7 Å². The van der Waals surface area contributed by atoms with Gasteiger partial charge in [-0.2, -0.15) is 5.26 Å². The van der Waals surface area contributed by atoms with E-state index in [0.717, 1.165) is 11.6 Å². The minimum Gasteiger partial charge on any atom is -0.497 e. The molecule has 1 N–H and O–H groups in total. The Balaban J connectivity index is 1.58. The number of carbonyl (C=O) groups excluding carboxylic acids is 2. The highest BCUT2D eigenvalue weighted by Gasteiger charge is 2.39. The largest absolute Gasteiger partial charge is 0.497 e. The zero-order valence-electron chi connectivity index (χ0n) is 19.5. The Bertz CT molecular complexity index is 1340. The van der Waals surface area contributed by atoms with Crippen LogP contribution < -0.4 is 10.1 Å². The predicted molar refractivity (Wildman–Crippen MR) is 129 cm³/mol. The Morgan fingerprint density at radius 2 is 2.00 bits per heavy atom. The van der Waals surface area contributed by atoms with Gasteiger partial charge in [0.1, 0.15) is 30.2 Å². The number of methoxy groups -OCH3 is 1. The number of nitriles is 1. The molecule has 8 nitrogen and oxygen atoms in total. The first-order chi connectivity index (χ1) is 17.5. The van der Waals surface area contributed by atoms with Gasteiger partial charge in [0.2, 0.25) is 0 Å². The van der Waals surface area contributed by atoms with Gasteiger partial charge in [-0.15, -0.1) is 0 Å². The number of aromatic nitrogens is 1. The van der Waals surface area contributed by atoms with E-state index in [1.54, 1.807) is 37.7 Å². The number of hydrogen-bond donors (Lipinski definition) is 1. The van der Waals surface area contributed by atoms with Crippen LogP contribution in [0, 0.1) is 23.1 Å². The van der Waals surface area contributed by atoms with Crippen LogP contribution in [-0.4, -0.2) is 29.8 Å². The van der Waals surface area contributed by atoms with Gasteiger partial charge in [-0.3, -0.25) is 9.78 Å². The van der Waals surface area contributed by atoms with Gasteiger partial charge in [0.25, 0.3) is 0 Å².